The summed E-state index contributed by atoms with van der Waals surface area (Å²) in [6, 6.07) is 6.33. The SMILES string of the molecule is Cc1cc(-c2cnc3[nH]cc(-c4c(C)cc(C(N)=O)c(C)c4C)c3n2)cc2c1CNCC2.Cl. The number of H-pyrrole nitrogens is 1. The third-order valence-electron chi connectivity index (χ3n) is 6.75. The van der Waals surface area contributed by atoms with Gasteiger partial charge in [0.25, 0.3) is 0 Å². The van der Waals surface area contributed by atoms with E-state index in [0.29, 0.717) is 5.56 Å². The molecule has 7 heteroatoms. The zero-order valence-corrected chi connectivity index (χ0v) is 20.1. The predicted octanol–water partition coefficient (Wildman–Crippen LogP) is 4.69. The largest absolute Gasteiger partial charge is 0.366 e. The molecule has 1 aliphatic rings. The fraction of sp³-hybridized carbons (Fsp3) is 0.269. The minimum Gasteiger partial charge on any atom is -0.366 e. The van der Waals surface area contributed by atoms with E-state index in [1.807, 2.05) is 39.2 Å². The van der Waals surface area contributed by atoms with E-state index in [1.54, 1.807) is 0 Å². The second-order valence-electron chi connectivity index (χ2n) is 8.74. The number of amides is 1. The molecule has 0 atom stereocenters. The first kappa shape index (κ1) is 23.0. The van der Waals surface area contributed by atoms with Gasteiger partial charge in [-0.05, 0) is 97.8 Å². The molecule has 0 fully saturated rings. The van der Waals surface area contributed by atoms with Gasteiger partial charge in [0.05, 0.1) is 11.9 Å². The number of hydrogen-bond donors (Lipinski definition) is 3. The van der Waals surface area contributed by atoms with E-state index in [9.17, 15) is 4.79 Å². The van der Waals surface area contributed by atoms with Gasteiger partial charge in [-0.25, -0.2) is 9.97 Å². The van der Waals surface area contributed by atoms with Gasteiger partial charge >= 0.3 is 0 Å². The van der Waals surface area contributed by atoms with Crippen LogP contribution in [0.1, 0.15) is 43.7 Å². The molecule has 2 aromatic carbocycles. The van der Waals surface area contributed by atoms with Crippen LogP contribution in [-0.2, 0) is 13.0 Å². The van der Waals surface area contributed by atoms with Gasteiger partial charge in [-0.15, -0.1) is 12.4 Å². The van der Waals surface area contributed by atoms with Crippen LogP contribution < -0.4 is 11.1 Å². The van der Waals surface area contributed by atoms with Gasteiger partial charge in [-0.3, -0.25) is 4.79 Å². The van der Waals surface area contributed by atoms with Crippen LogP contribution in [0, 0.1) is 27.7 Å². The molecule has 6 nitrogen and oxygen atoms in total. The average molecular weight is 462 g/mol. The van der Waals surface area contributed by atoms with E-state index in [2.05, 4.69) is 34.3 Å². The van der Waals surface area contributed by atoms with Crippen LogP contribution in [-0.4, -0.2) is 27.4 Å². The summed E-state index contributed by atoms with van der Waals surface area (Å²) in [4.78, 5) is 24.8. The van der Waals surface area contributed by atoms with Crippen molar-refractivity contribution in [3.8, 4) is 22.4 Å². The Morgan fingerprint density at radius 3 is 2.61 bits per heavy atom. The first-order chi connectivity index (χ1) is 15.3. The van der Waals surface area contributed by atoms with Crippen molar-refractivity contribution in [2.75, 3.05) is 6.54 Å². The Hall–Kier alpha value is -3.22. The Morgan fingerprint density at radius 1 is 1.06 bits per heavy atom. The van der Waals surface area contributed by atoms with Crippen LogP contribution >= 0.6 is 12.4 Å². The maximum absolute atomic E-state index is 11.9. The van der Waals surface area contributed by atoms with E-state index in [-0.39, 0.29) is 12.4 Å². The lowest BCUT2D eigenvalue weighted by molar-refractivity contribution is 0.0999. The first-order valence-corrected chi connectivity index (χ1v) is 10.9. The van der Waals surface area contributed by atoms with E-state index in [1.165, 1.54) is 16.7 Å². The third-order valence-corrected chi connectivity index (χ3v) is 6.75. The fourth-order valence-corrected chi connectivity index (χ4v) is 4.92. The van der Waals surface area contributed by atoms with Gasteiger partial charge in [0.15, 0.2) is 5.65 Å². The van der Waals surface area contributed by atoms with Gasteiger partial charge in [-0.1, -0.05) is 0 Å². The summed E-state index contributed by atoms with van der Waals surface area (Å²) in [5.74, 6) is -0.403. The van der Waals surface area contributed by atoms with E-state index in [4.69, 9.17) is 10.7 Å². The molecular formula is C26H28ClN5O. The number of aromatic nitrogens is 3. The number of aromatic amines is 1. The molecule has 0 radical (unpaired) electrons. The number of hydrogen-bond acceptors (Lipinski definition) is 4. The zero-order valence-electron chi connectivity index (χ0n) is 19.3. The number of benzene rings is 2. The van der Waals surface area contributed by atoms with Gasteiger partial charge in [-0.2, -0.15) is 0 Å². The summed E-state index contributed by atoms with van der Waals surface area (Å²) in [6.45, 7) is 10.1. The highest BCUT2D eigenvalue weighted by atomic mass is 35.5. The maximum Gasteiger partial charge on any atom is 0.248 e. The van der Waals surface area contributed by atoms with Crippen LogP contribution in [0.3, 0.4) is 0 Å². The van der Waals surface area contributed by atoms with E-state index < -0.39 is 5.91 Å². The van der Waals surface area contributed by atoms with Crippen molar-refractivity contribution in [1.82, 2.24) is 20.3 Å². The topological polar surface area (TPSA) is 96.7 Å². The summed E-state index contributed by atoms with van der Waals surface area (Å²) < 4.78 is 0. The van der Waals surface area contributed by atoms with Crippen LogP contribution in [0.2, 0.25) is 0 Å². The molecule has 1 aliphatic heterocycles. The lowest BCUT2D eigenvalue weighted by Crippen LogP contribution is -2.24. The van der Waals surface area contributed by atoms with Crippen LogP contribution in [0.15, 0.2) is 30.6 Å². The third kappa shape index (κ3) is 3.79. The Labute approximate surface area is 199 Å². The first-order valence-electron chi connectivity index (χ1n) is 10.9. The Balaban J connectivity index is 0.00000259. The molecule has 0 spiro atoms. The Morgan fingerprint density at radius 2 is 1.85 bits per heavy atom. The standard InChI is InChI=1S/C26H27N5O.ClH/c1-13-7-18(9-17-5-6-28-10-20(13)17)22-12-30-26-24(31-22)21(11-29-26)23-14(2)8-19(25(27)32)15(3)16(23)4;/h7-9,11-12,28H,5-6,10H2,1-4H3,(H2,27,32)(H,29,30);1H. The highest BCUT2D eigenvalue weighted by molar-refractivity contribution is 5.99. The molecule has 1 amide bonds. The molecule has 170 valence electrons. The van der Waals surface area contributed by atoms with Gasteiger partial charge < -0.3 is 16.0 Å². The van der Waals surface area contributed by atoms with Crippen molar-refractivity contribution in [2.45, 2.75) is 40.7 Å². The smallest absolute Gasteiger partial charge is 0.248 e. The van der Waals surface area contributed by atoms with Gasteiger partial charge in [0, 0.05) is 29.4 Å². The predicted molar refractivity (Wildman–Crippen MR) is 135 cm³/mol. The quantitative estimate of drug-likeness (QED) is 0.412. The second kappa shape index (κ2) is 8.61. The van der Waals surface area contributed by atoms with Crippen LogP contribution in [0.4, 0.5) is 0 Å². The van der Waals surface area contributed by atoms with Crippen molar-refractivity contribution in [1.29, 1.82) is 0 Å². The monoisotopic (exact) mass is 461 g/mol. The van der Waals surface area contributed by atoms with Gasteiger partial charge in [0.2, 0.25) is 5.91 Å². The minimum atomic E-state index is -0.403. The van der Waals surface area contributed by atoms with E-state index in [0.717, 1.165) is 69.7 Å². The highest BCUT2D eigenvalue weighted by Crippen LogP contribution is 2.36. The molecule has 0 unspecified atom stereocenters. The van der Waals surface area contributed by atoms with Crippen molar-refractivity contribution in [3.63, 3.8) is 0 Å². The van der Waals surface area contributed by atoms with Crippen molar-refractivity contribution < 1.29 is 4.79 Å². The van der Waals surface area contributed by atoms with E-state index >= 15 is 0 Å². The zero-order chi connectivity index (χ0) is 22.6. The minimum absolute atomic E-state index is 0. The van der Waals surface area contributed by atoms with Gasteiger partial charge in [0.1, 0.15) is 5.52 Å². The number of nitrogens with zero attached hydrogens (tertiary/aromatic N) is 2. The summed E-state index contributed by atoms with van der Waals surface area (Å²) in [6.07, 6.45) is 4.82. The second-order valence-corrected chi connectivity index (χ2v) is 8.74. The number of primary amides is 1. The fourth-order valence-electron chi connectivity index (χ4n) is 4.92. The molecule has 0 saturated heterocycles. The summed E-state index contributed by atoms with van der Waals surface area (Å²) >= 11 is 0. The maximum atomic E-state index is 11.9. The molecule has 4 N–H and O–H groups in total. The van der Waals surface area contributed by atoms with Crippen molar-refractivity contribution >= 4 is 29.5 Å². The number of nitrogens with two attached hydrogens (primary N) is 1. The molecule has 33 heavy (non-hydrogen) atoms. The average Bonchev–Trinajstić information content (AvgIpc) is 3.19. The number of carbonyl (C=O) groups excluding carboxylic acids is 1. The Kier molecular flexibility index (Phi) is 5.99. The number of halogens is 1. The molecule has 5 rings (SSSR count). The number of rotatable bonds is 3. The van der Waals surface area contributed by atoms with Crippen molar-refractivity contribution in [2.24, 2.45) is 5.73 Å². The molecule has 0 saturated carbocycles. The molecule has 4 aromatic rings. The van der Waals surface area contributed by atoms with Crippen LogP contribution in [0.25, 0.3) is 33.5 Å². The molecular weight excluding hydrogens is 434 g/mol. The number of carbonyl (C=O) groups is 1. The molecule has 2 aromatic heterocycles. The highest BCUT2D eigenvalue weighted by Gasteiger charge is 2.19. The van der Waals surface area contributed by atoms with Crippen LogP contribution in [0.5, 0.6) is 0 Å². The van der Waals surface area contributed by atoms with Crippen molar-refractivity contribution in [3.05, 3.63) is 69.5 Å². The summed E-state index contributed by atoms with van der Waals surface area (Å²) in [7, 11) is 0. The Bertz CT molecular complexity index is 1410. The molecule has 0 aliphatic carbocycles. The lowest BCUT2D eigenvalue weighted by atomic mass is 9.90. The number of nitrogens with one attached hydrogen (secondary N) is 2. The molecule has 3 heterocycles. The molecule has 0 bridgehead atoms. The lowest BCUT2D eigenvalue weighted by Gasteiger charge is -2.20. The summed E-state index contributed by atoms with van der Waals surface area (Å²) in [5.41, 5.74) is 18.7. The summed E-state index contributed by atoms with van der Waals surface area (Å²) in [5, 5.41) is 3.45. The normalized spacial score (nSPS) is 13.0. The number of aryl methyl sites for hydroxylation is 2. The number of fused-ring (bicyclic) bond motifs is 2.